The van der Waals surface area contributed by atoms with Crippen molar-refractivity contribution in [2.75, 3.05) is 26.2 Å². The first-order valence-electron chi connectivity index (χ1n) is 6.92. The van der Waals surface area contributed by atoms with Crippen LogP contribution in [0.5, 0.6) is 0 Å². The monoisotopic (exact) mass is 250 g/mol. The number of aliphatic hydroxyl groups excluding tert-OH is 1. The van der Waals surface area contributed by atoms with Gasteiger partial charge in [0.15, 0.2) is 0 Å². The van der Waals surface area contributed by atoms with Gasteiger partial charge >= 0.3 is 0 Å². The molecule has 5 heteroatoms. The van der Waals surface area contributed by atoms with Gasteiger partial charge in [0, 0.05) is 31.5 Å². The standard InChI is InChI=1S/C13H22N4O/c18-12(9-17-5-1-4-15-17)8-14-13-10-16-6-2-11(13)3-7-16/h1,4-5,11-14,18H,2-3,6-10H2. The van der Waals surface area contributed by atoms with Crippen LogP contribution in [0.15, 0.2) is 18.5 Å². The number of hydrogen-bond acceptors (Lipinski definition) is 4. The molecule has 0 radical (unpaired) electrons. The van der Waals surface area contributed by atoms with Crippen LogP contribution in [0.1, 0.15) is 12.8 Å². The third-order valence-electron chi connectivity index (χ3n) is 4.23. The molecule has 0 aliphatic carbocycles. The molecule has 5 nitrogen and oxygen atoms in total. The van der Waals surface area contributed by atoms with Crippen molar-refractivity contribution in [1.82, 2.24) is 20.0 Å². The minimum atomic E-state index is -0.361. The topological polar surface area (TPSA) is 53.3 Å². The van der Waals surface area contributed by atoms with Crippen molar-refractivity contribution in [3.8, 4) is 0 Å². The van der Waals surface area contributed by atoms with Crippen LogP contribution in [0, 0.1) is 5.92 Å². The average molecular weight is 250 g/mol. The molecule has 1 aromatic heterocycles. The van der Waals surface area contributed by atoms with Gasteiger partial charge in [-0.25, -0.2) is 0 Å². The van der Waals surface area contributed by atoms with Crippen LogP contribution in [0.4, 0.5) is 0 Å². The molecule has 1 aromatic rings. The lowest BCUT2D eigenvalue weighted by molar-refractivity contribution is 0.0611. The van der Waals surface area contributed by atoms with E-state index in [9.17, 15) is 5.11 Å². The molecule has 2 atom stereocenters. The Kier molecular flexibility index (Phi) is 3.63. The Bertz CT molecular complexity index is 359. The van der Waals surface area contributed by atoms with Gasteiger partial charge in [0.2, 0.25) is 0 Å². The summed E-state index contributed by atoms with van der Waals surface area (Å²) in [6, 6.07) is 2.45. The van der Waals surface area contributed by atoms with Crippen molar-refractivity contribution >= 4 is 0 Å². The first-order valence-corrected chi connectivity index (χ1v) is 6.92. The number of hydrogen-bond donors (Lipinski definition) is 2. The van der Waals surface area contributed by atoms with Gasteiger partial charge in [0.1, 0.15) is 0 Å². The number of fused-ring (bicyclic) bond motifs is 3. The van der Waals surface area contributed by atoms with Gasteiger partial charge in [0.25, 0.3) is 0 Å². The summed E-state index contributed by atoms with van der Waals surface area (Å²) in [6.45, 7) is 4.91. The Balaban J connectivity index is 1.43. The summed E-state index contributed by atoms with van der Waals surface area (Å²) in [5.74, 6) is 0.812. The lowest BCUT2D eigenvalue weighted by Crippen LogP contribution is -2.57. The Morgan fingerprint density at radius 3 is 2.83 bits per heavy atom. The van der Waals surface area contributed by atoms with Crippen molar-refractivity contribution in [3.63, 3.8) is 0 Å². The van der Waals surface area contributed by atoms with E-state index in [1.165, 1.54) is 25.9 Å². The molecular formula is C13H22N4O. The van der Waals surface area contributed by atoms with E-state index in [0.29, 0.717) is 19.1 Å². The van der Waals surface area contributed by atoms with E-state index in [2.05, 4.69) is 15.3 Å². The zero-order chi connectivity index (χ0) is 12.4. The number of rotatable bonds is 5. The molecule has 2 N–H and O–H groups in total. The fourth-order valence-electron chi connectivity index (χ4n) is 3.17. The largest absolute Gasteiger partial charge is 0.390 e. The molecule has 0 saturated carbocycles. The van der Waals surface area contributed by atoms with Crippen LogP contribution in [-0.4, -0.2) is 58.1 Å². The molecule has 3 fully saturated rings. The number of piperidine rings is 3. The summed E-state index contributed by atoms with van der Waals surface area (Å²) in [6.07, 6.45) is 5.89. The molecule has 18 heavy (non-hydrogen) atoms. The number of nitrogens with one attached hydrogen (secondary N) is 1. The van der Waals surface area contributed by atoms with E-state index >= 15 is 0 Å². The average Bonchev–Trinajstić information content (AvgIpc) is 2.91. The Hall–Kier alpha value is -0.910. The highest BCUT2D eigenvalue weighted by atomic mass is 16.3. The quantitative estimate of drug-likeness (QED) is 0.768. The van der Waals surface area contributed by atoms with Crippen molar-refractivity contribution in [2.45, 2.75) is 31.5 Å². The van der Waals surface area contributed by atoms with Crippen LogP contribution in [0.25, 0.3) is 0 Å². The Morgan fingerprint density at radius 2 is 2.22 bits per heavy atom. The first kappa shape index (κ1) is 12.1. The van der Waals surface area contributed by atoms with Gasteiger partial charge in [-0.1, -0.05) is 0 Å². The van der Waals surface area contributed by atoms with Crippen LogP contribution < -0.4 is 5.32 Å². The maximum absolute atomic E-state index is 9.98. The van der Waals surface area contributed by atoms with Crippen LogP contribution in [-0.2, 0) is 6.54 Å². The Labute approximate surface area is 108 Å². The molecule has 4 heterocycles. The van der Waals surface area contributed by atoms with Gasteiger partial charge in [-0.05, 0) is 37.9 Å². The molecule has 3 aliphatic rings. The maximum Gasteiger partial charge on any atom is 0.0860 e. The highest BCUT2D eigenvalue weighted by molar-refractivity contribution is 4.91. The molecule has 0 amide bonds. The predicted molar refractivity (Wildman–Crippen MR) is 69.2 cm³/mol. The number of nitrogens with zero attached hydrogens (tertiary/aromatic N) is 3. The Morgan fingerprint density at radius 1 is 1.39 bits per heavy atom. The minimum Gasteiger partial charge on any atom is -0.390 e. The van der Waals surface area contributed by atoms with Gasteiger partial charge < -0.3 is 15.3 Å². The van der Waals surface area contributed by atoms with E-state index in [1.54, 1.807) is 10.9 Å². The summed E-state index contributed by atoms with van der Waals surface area (Å²) in [5, 5.41) is 17.6. The summed E-state index contributed by atoms with van der Waals surface area (Å²) in [4.78, 5) is 2.53. The minimum absolute atomic E-state index is 0.361. The SMILES string of the molecule is OC(CNC1CN2CCC1CC2)Cn1cccn1. The second-order valence-electron chi connectivity index (χ2n) is 5.53. The molecule has 0 aromatic carbocycles. The van der Waals surface area contributed by atoms with E-state index in [-0.39, 0.29) is 6.10 Å². The third-order valence-corrected chi connectivity index (χ3v) is 4.23. The van der Waals surface area contributed by atoms with Crippen LogP contribution >= 0.6 is 0 Å². The van der Waals surface area contributed by atoms with E-state index in [1.807, 2.05) is 12.3 Å². The van der Waals surface area contributed by atoms with Gasteiger partial charge in [0.05, 0.1) is 12.6 Å². The van der Waals surface area contributed by atoms with Gasteiger partial charge in [-0.2, -0.15) is 5.10 Å². The second kappa shape index (κ2) is 5.38. The zero-order valence-corrected chi connectivity index (χ0v) is 10.7. The predicted octanol–water partition coefficient (Wildman–Crippen LogP) is -0.0722. The van der Waals surface area contributed by atoms with E-state index in [0.717, 1.165) is 12.5 Å². The zero-order valence-electron chi connectivity index (χ0n) is 10.7. The number of aromatic nitrogens is 2. The van der Waals surface area contributed by atoms with Crippen LogP contribution in [0.3, 0.4) is 0 Å². The van der Waals surface area contributed by atoms with E-state index in [4.69, 9.17) is 0 Å². The molecule has 3 saturated heterocycles. The summed E-state index contributed by atoms with van der Waals surface area (Å²) in [7, 11) is 0. The molecule has 4 rings (SSSR count). The normalized spacial score (nSPS) is 32.6. The summed E-state index contributed by atoms with van der Waals surface area (Å²) >= 11 is 0. The molecule has 2 bridgehead atoms. The maximum atomic E-state index is 9.98. The number of aliphatic hydroxyl groups is 1. The smallest absolute Gasteiger partial charge is 0.0860 e. The van der Waals surface area contributed by atoms with Crippen LogP contribution in [0.2, 0.25) is 0 Å². The summed E-state index contributed by atoms with van der Waals surface area (Å²) < 4.78 is 1.78. The van der Waals surface area contributed by atoms with Gasteiger partial charge in [-0.3, -0.25) is 4.68 Å². The van der Waals surface area contributed by atoms with E-state index < -0.39 is 0 Å². The summed E-state index contributed by atoms with van der Waals surface area (Å²) in [5.41, 5.74) is 0. The molecule has 0 spiro atoms. The first-order chi connectivity index (χ1) is 8.81. The molecular weight excluding hydrogens is 228 g/mol. The lowest BCUT2D eigenvalue weighted by Gasteiger charge is -2.45. The van der Waals surface area contributed by atoms with Crippen molar-refractivity contribution in [1.29, 1.82) is 0 Å². The fourth-order valence-corrected chi connectivity index (χ4v) is 3.17. The lowest BCUT2D eigenvalue weighted by atomic mass is 9.84. The third kappa shape index (κ3) is 2.74. The fraction of sp³-hybridized carbons (Fsp3) is 0.769. The van der Waals surface area contributed by atoms with Crippen molar-refractivity contribution in [2.24, 2.45) is 5.92 Å². The highest BCUT2D eigenvalue weighted by Gasteiger charge is 2.33. The highest BCUT2D eigenvalue weighted by Crippen LogP contribution is 2.27. The molecule has 2 unspecified atom stereocenters. The van der Waals surface area contributed by atoms with Crippen molar-refractivity contribution < 1.29 is 5.11 Å². The van der Waals surface area contributed by atoms with Gasteiger partial charge in [-0.15, -0.1) is 0 Å². The molecule has 3 aliphatic heterocycles. The second-order valence-corrected chi connectivity index (χ2v) is 5.53. The van der Waals surface area contributed by atoms with Crippen molar-refractivity contribution in [3.05, 3.63) is 18.5 Å². The molecule has 100 valence electrons.